The predicted molar refractivity (Wildman–Crippen MR) is 99.3 cm³/mol. The Morgan fingerprint density at radius 3 is 2.44 bits per heavy atom. The van der Waals surface area contributed by atoms with Crippen LogP contribution in [0.2, 0.25) is 0 Å². The molecule has 2 aromatic rings. The molecule has 1 saturated heterocycles. The fraction of sp³-hybridized carbons (Fsp3) is 0.211. The Bertz CT molecular complexity index is 919. The molecule has 8 heteroatoms. The van der Waals surface area contributed by atoms with Crippen molar-refractivity contribution < 1.29 is 4.79 Å². The number of amides is 1. The molecule has 0 aliphatic carbocycles. The summed E-state index contributed by atoms with van der Waals surface area (Å²) in [5, 5.41) is 21.1. The second-order valence-electron chi connectivity index (χ2n) is 5.84. The Morgan fingerprint density at radius 2 is 1.78 bits per heavy atom. The zero-order valence-corrected chi connectivity index (χ0v) is 14.5. The highest BCUT2D eigenvalue weighted by atomic mass is 16.1. The minimum atomic E-state index is -0.533. The van der Waals surface area contributed by atoms with E-state index in [1.54, 1.807) is 48.9 Å². The third kappa shape index (κ3) is 4.39. The van der Waals surface area contributed by atoms with Gasteiger partial charge in [0.05, 0.1) is 11.3 Å². The third-order valence-corrected chi connectivity index (χ3v) is 4.12. The first-order chi connectivity index (χ1) is 13.2. The van der Waals surface area contributed by atoms with Gasteiger partial charge in [0.2, 0.25) is 5.95 Å². The first-order valence-corrected chi connectivity index (χ1v) is 8.39. The van der Waals surface area contributed by atoms with Crippen LogP contribution in [-0.2, 0) is 4.79 Å². The molecule has 2 heterocycles. The maximum Gasteiger partial charge on any atom is 0.267 e. The van der Waals surface area contributed by atoms with Crippen molar-refractivity contribution >= 4 is 17.5 Å². The number of piperazine rings is 1. The first-order valence-electron chi connectivity index (χ1n) is 8.39. The lowest BCUT2D eigenvalue weighted by Crippen LogP contribution is -2.45. The molecule has 134 valence electrons. The van der Waals surface area contributed by atoms with E-state index in [2.05, 4.69) is 20.2 Å². The summed E-state index contributed by atoms with van der Waals surface area (Å²) < 4.78 is 0. The maximum absolute atomic E-state index is 12.4. The fourth-order valence-corrected chi connectivity index (χ4v) is 2.71. The van der Waals surface area contributed by atoms with E-state index in [0.29, 0.717) is 43.4 Å². The van der Waals surface area contributed by atoms with Crippen LogP contribution in [0.1, 0.15) is 5.56 Å². The monoisotopic (exact) mass is 359 g/mol. The van der Waals surface area contributed by atoms with Crippen molar-refractivity contribution in [2.45, 2.75) is 0 Å². The van der Waals surface area contributed by atoms with Gasteiger partial charge in [-0.1, -0.05) is 12.1 Å². The number of nitriles is 2. The number of hydrogen-bond acceptors (Lipinski definition) is 7. The van der Waals surface area contributed by atoms with Crippen molar-refractivity contribution in [3.8, 4) is 12.1 Å². The fourth-order valence-electron chi connectivity index (χ4n) is 2.71. The van der Waals surface area contributed by atoms with E-state index in [9.17, 15) is 10.1 Å². The number of benzene rings is 1. The van der Waals surface area contributed by atoms with Crippen LogP contribution < -0.4 is 10.2 Å². The van der Waals surface area contributed by atoms with Crippen LogP contribution in [0.5, 0.6) is 0 Å². The third-order valence-electron chi connectivity index (χ3n) is 4.12. The highest BCUT2D eigenvalue weighted by molar-refractivity contribution is 6.07. The number of rotatable bonds is 4. The molecule has 27 heavy (non-hydrogen) atoms. The SMILES string of the molecule is N#C/C(=C/N1CCN(c2ncccn2)CC1)C(=O)Nc1ccccc1C#N. The van der Waals surface area contributed by atoms with Crippen molar-refractivity contribution in [3.05, 3.63) is 60.1 Å². The van der Waals surface area contributed by atoms with Gasteiger partial charge in [0.1, 0.15) is 17.7 Å². The van der Waals surface area contributed by atoms with Crippen LogP contribution in [0, 0.1) is 22.7 Å². The van der Waals surface area contributed by atoms with Gasteiger partial charge in [0, 0.05) is 44.8 Å². The lowest BCUT2D eigenvalue weighted by atomic mass is 10.2. The van der Waals surface area contributed by atoms with Crippen molar-refractivity contribution in [3.63, 3.8) is 0 Å². The van der Waals surface area contributed by atoms with Gasteiger partial charge in [-0.05, 0) is 18.2 Å². The van der Waals surface area contributed by atoms with Gasteiger partial charge in [-0.15, -0.1) is 0 Å². The summed E-state index contributed by atoms with van der Waals surface area (Å²) in [7, 11) is 0. The summed E-state index contributed by atoms with van der Waals surface area (Å²) in [5.41, 5.74) is 0.726. The van der Waals surface area contributed by atoms with Crippen LogP contribution in [0.15, 0.2) is 54.5 Å². The molecule has 0 saturated carbocycles. The average molecular weight is 359 g/mol. The van der Waals surface area contributed by atoms with Crippen molar-refractivity contribution in [1.29, 1.82) is 10.5 Å². The van der Waals surface area contributed by atoms with Crippen molar-refractivity contribution in [1.82, 2.24) is 14.9 Å². The van der Waals surface area contributed by atoms with Gasteiger partial charge in [0.25, 0.3) is 5.91 Å². The van der Waals surface area contributed by atoms with E-state index in [4.69, 9.17) is 5.26 Å². The molecule has 0 unspecified atom stereocenters. The van der Waals surface area contributed by atoms with Gasteiger partial charge in [-0.25, -0.2) is 9.97 Å². The molecule has 0 bridgehead atoms. The van der Waals surface area contributed by atoms with E-state index in [1.165, 1.54) is 0 Å². The molecule has 1 fully saturated rings. The Balaban J connectivity index is 1.64. The highest BCUT2D eigenvalue weighted by Crippen LogP contribution is 2.15. The van der Waals surface area contributed by atoms with Crippen LogP contribution in [-0.4, -0.2) is 47.0 Å². The predicted octanol–water partition coefficient (Wildman–Crippen LogP) is 1.52. The summed E-state index contributed by atoms with van der Waals surface area (Å²) in [6.07, 6.45) is 4.96. The number of aromatic nitrogens is 2. The number of nitrogens with one attached hydrogen (secondary N) is 1. The highest BCUT2D eigenvalue weighted by Gasteiger charge is 2.19. The molecule has 1 N–H and O–H groups in total. The van der Waals surface area contributed by atoms with Crippen LogP contribution in [0.3, 0.4) is 0 Å². The Kier molecular flexibility index (Phi) is 5.60. The molecule has 3 rings (SSSR count). The zero-order chi connectivity index (χ0) is 19.1. The summed E-state index contributed by atoms with van der Waals surface area (Å²) in [5.74, 6) is 0.140. The smallest absolute Gasteiger partial charge is 0.267 e. The molecular weight excluding hydrogens is 342 g/mol. The molecule has 1 aliphatic heterocycles. The zero-order valence-electron chi connectivity index (χ0n) is 14.5. The largest absolute Gasteiger partial charge is 0.373 e. The molecule has 8 nitrogen and oxygen atoms in total. The molecule has 1 aromatic heterocycles. The van der Waals surface area contributed by atoms with Gasteiger partial charge in [-0.3, -0.25) is 4.79 Å². The molecule has 1 amide bonds. The topological polar surface area (TPSA) is 109 Å². The van der Waals surface area contributed by atoms with Gasteiger partial charge in [-0.2, -0.15) is 10.5 Å². The quantitative estimate of drug-likeness (QED) is 0.651. The van der Waals surface area contributed by atoms with Gasteiger partial charge < -0.3 is 15.1 Å². The molecule has 0 atom stereocenters. The van der Waals surface area contributed by atoms with E-state index < -0.39 is 5.91 Å². The summed E-state index contributed by atoms with van der Waals surface area (Å²) in [4.78, 5) is 24.9. The van der Waals surface area contributed by atoms with Crippen molar-refractivity contribution in [2.24, 2.45) is 0 Å². The Labute approximate surface area is 157 Å². The molecule has 0 spiro atoms. The number of nitrogens with zero attached hydrogens (tertiary/aromatic N) is 6. The number of carbonyl (C=O) groups excluding carboxylic acids is 1. The normalized spacial score (nSPS) is 14.2. The number of hydrogen-bond donors (Lipinski definition) is 1. The summed E-state index contributed by atoms with van der Waals surface area (Å²) in [6.45, 7) is 2.67. The second-order valence-corrected chi connectivity index (χ2v) is 5.84. The van der Waals surface area contributed by atoms with Crippen LogP contribution in [0.25, 0.3) is 0 Å². The minimum Gasteiger partial charge on any atom is -0.373 e. The van der Waals surface area contributed by atoms with E-state index in [-0.39, 0.29) is 5.57 Å². The van der Waals surface area contributed by atoms with Gasteiger partial charge >= 0.3 is 0 Å². The Hall–Kier alpha value is -3.91. The second kappa shape index (κ2) is 8.45. The van der Waals surface area contributed by atoms with Gasteiger partial charge in [0.15, 0.2) is 0 Å². The van der Waals surface area contributed by atoms with Crippen LogP contribution in [0.4, 0.5) is 11.6 Å². The maximum atomic E-state index is 12.4. The number of para-hydroxylation sites is 1. The standard InChI is InChI=1S/C19H17N7O/c20-12-15-4-1-2-5-17(15)24-18(27)16(13-21)14-25-8-10-26(11-9-25)19-22-6-3-7-23-19/h1-7,14H,8-11H2,(H,24,27)/b16-14-. The Morgan fingerprint density at radius 1 is 1.07 bits per heavy atom. The van der Waals surface area contributed by atoms with E-state index in [0.717, 1.165) is 0 Å². The lowest BCUT2D eigenvalue weighted by molar-refractivity contribution is -0.112. The first kappa shape index (κ1) is 17.9. The summed E-state index contributed by atoms with van der Waals surface area (Å²) >= 11 is 0. The molecule has 0 radical (unpaired) electrons. The number of carbonyl (C=O) groups is 1. The van der Waals surface area contributed by atoms with Crippen LogP contribution >= 0.6 is 0 Å². The summed E-state index contributed by atoms with van der Waals surface area (Å²) in [6, 6.07) is 12.4. The minimum absolute atomic E-state index is 0.00726. The van der Waals surface area contributed by atoms with Crippen molar-refractivity contribution in [2.75, 3.05) is 36.4 Å². The average Bonchev–Trinajstić information content (AvgIpc) is 2.73. The lowest BCUT2D eigenvalue weighted by Gasteiger charge is -2.34. The number of anilines is 2. The molecular formula is C19H17N7O. The molecule has 1 aliphatic rings. The van der Waals surface area contributed by atoms with E-state index >= 15 is 0 Å². The van der Waals surface area contributed by atoms with E-state index in [1.807, 2.05) is 17.0 Å². The molecule has 1 aromatic carbocycles.